The van der Waals surface area contributed by atoms with Gasteiger partial charge in [0.05, 0.1) is 12.0 Å². The first-order valence-corrected chi connectivity index (χ1v) is 5.83. The average Bonchev–Trinajstić information content (AvgIpc) is 3.18. The van der Waals surface area contributed by atoms with Gasteiger partial charge >= 0.3 is 5.97 Å². The molecule has 0 aliphatic heterocycles. The lowest BCUT2D eigenvalue weighted by atomic mass is 9.88. The van der Waals surface area contributed by atoms with E-state index in [4.69, 9.17) is 5.11 Å². The molecule has 0 heterocycles. The van der Waals surface area contributed by atoms with Gasteiger partial charge in [-0.05, 0) is 24.0 Å². The van der Waals surface area contributed by atoms with Gasteiger partial charge in [-0.15, -0.1) is 0 Å². The first-order chi connectivity index (χ1) is 8.53. The summed E-state index contributed by atoms with van der Waals surface area (Å²) in [6.45, 7) is -0.574. The number of benzene rings is 1. The Balaban J connectivity index is 2.41. The highest BCUT2D eigenvalue weighted by Gasteiger charge is 2.53. The lowest BCUT2D eigenvalue weighted by Gasteiger charge is -2.22. The van der Waals surface area contributed by atoms with Crippen LogP contribution in [-0.4, -0.2) is 39.1 Å². The lowest BCUT2D eigenvalue weighted by molar-refractivity contribution is -0.140. The third kappa shape index (κ3) is 2.01. The van der Waals surface area contributed by atoms with Gasteiger partial charge in [-0.25, -0.2) is 0 Å². The Kier molecular flexibility index (Phi) is 3.38. The summed E-state index contributed by atoms with van der Waals surface area (Å²) in [5.74, 6) is -0.916. The summed E-state index contributed by atoms with van der Waals surface area (Å²) in [6.07, 6.45) is -1.53. The molecule has 0 radical (unpaired) electrons. The number of aliphatic hydroxyl groups excluding tert-OH is 3. The molecule has 5 heteroatoms. The van der Waals surface area contributed by atoms with Crippen LogP contribution in [0.1, 0.15) is 30.1 Å². The third-order valence-corrected chi connectivity index (χ3v) is 3.51. The van der Waals surface area contributed by atoms with E-state index in [9.17, 15) is 20.1 Å². The zero-order valence-corrected chi connectivity index (χ0v) is 9.78. The molecule has 2 rings (SSSR count). The van der Waals surface area contributed by atoms with Crippen molar-refractivity contribution in [2.24, 2.45) is 0 Å². The Labute approximate surface area is 104 Å². The first kappa shape index (κ1) is 13.0. The molecule has 98 valence electrons. The first-order valence-electron chi connectivity index (χ1n) is 5.83. The van der Waals surface area contributed by atoms with Gasteiger partial charge in [0.2, 0.25) is 0 Å². The van der Waals surface area contributed by atoms with Gasteiger partial charge in [0.1, 0.15) is 12.2 Å². The lowest BCUT2D eigenvalue weighted by Crippen LogP contribution is -2.27. The van der Waals surface area contributed by atoms with Crippen LogP contribution in [0.5, 0.6) is 0 Å². The third-order valence-electron chi connectivity index (χ3n) is 3.51. The molecule has 1 aromatic rings. The largest absolute Gasteiger partial charge is 0.481 e. The number of hydrogen-bond donors (Lipinski definition) is 4. The molecule has 1 aliphatic rings. The van der Waals surface area contributed by atoms with Crippen LogP contribution >= 0.6 is 0 Å². The van der Waals surface area contributed by atoms with Gasteiger partial charge in [-0.1, -0.05) is 24.3 Å². The minimum atomic E-state index is -1.31. The summed E-state index contributed by atoms with van der Waals surface area (Å²) in [7, 11) is 0. The molecule has 0 spiro atoms. The van der Waals surface area contributed by atoms with E-state index in [2.05, 4.69) is 0 Å². The molecule has 1 fully saturated rings. The molecule has 18 heavy (non-hydrogen) atoms. The van der Waals surface area contributed by atoms with Gasteiger partial charge < -0.3 is 20.4 Å². The predicted octanol–water partition coefficient (Wildman–Crippen LogP) is 0.189. The molecular formula is C13H16O5. The molecule has 0 amide bonds. The van der Waals surface area contributed by atoms with Crippen molar-refractivity contribution in [3.05, 3.63) is 35.4 Å². The van der Waals surface area contributed by atoms with Crippen molar-refractivity contribution in [2.75, 3.05) is 6.61 Å². The fraction of sp³-hybridized carbons (Fsp3) is 0.462. The maximum absolute atomic E-state index is 11.3. The Hall–Kier alpha value is -1.43. The van der Waals surface area contributed by atoms with Crippen LogP contribution in [0.25, 0.3) is 0 Å². The van der Waals surface area contributed by atoms with E-state index in [0.29, 0.717) is 24.0 Å². The number of carboxylic acids is 1. The summed E-state index contributed by atoms with van der Waals surface area (Å²) < 4.78 is 0. The Morgan fingerprint density at radius 1 is 1.28 bits per heavy atom. The van der Waals surface area contributed by atoms with E-state index >= 15 is 0 Å². The second kappa shape index (κ2) is 4.68. The van der Waals surface area contributed by atoms with E-state index < -0.39 is 30.2 Å². The zero-order chi connectivity index (χ0) is 13.3. The molecule has 1 aliphatic carbocycles. The van der Waals surface area contributed by atoms with Crippen LogP contribution < -0.4 is 0 Å². The minimum absolute atomic E-state index is 0.374. The highest BCUT2D eigenvalue weighted by atomic mass is 16.4. The zero-order valence-electron chi connectivity index (χ0n) is 9.78. The second-order valence-electron chi connectivity index (χ2n) is 4.67. The van der Waals surface area contributed by atoms with Crippen molar-refractivity contribution in [1.29, 1.82) is 0 Å². The molecule has 0 aromatic heterocycles. The fourth-order valence-corrected chi connectivity index (χ4v) is 2.22. The van der Waals surface area contributed by atoms with E-state index in [1.54, 1.807) is 24.3 Å². The molecule has 0 saturated heterocycles. The number of rotatable bonds is 5. The van der Waals surface area contributed by atoms with Crippen molar-refractivity contribution < 1.29 is 25.2 Å². The highest BCUT2D eigenvalue weighted by Crippen LogP contribution is 2.50. The van der Waals surface area contributed by atoms with E-state index in [-0.39, 0.29) is 0 Å². The number of carboxylic acid groups (broad SMARTS) is 1. The average molecular weight is 252 g/mol. The smallest absolute Gasteiger partial charge is 0.314 e. The topological polar surface area (TPSA) is 98.0 Å². The van der Waals surface area contributed by atoms with Crippen LogP contribution in [0.2, 0.25) is 0 Å². The van der Waals surface area contributed by atoms with Crippen LogP contribution in [0, 0.1) is 0 Å². The molecular weight excluding hydrogens is 236 g/mol. The maximum Gasteiger partial charge on any atom is 0.314 e. The quantitative estimate of drug-likeness (QED) is 0.599. The highest BCUT2D eigenvalue weighted by molar-refractivity contribution is 5.85. The van der Waals surface area contributed by atoms with Crippen LogP contribution in [-0.2, 0) is 10.2 Å². The molecule has 5 nitrogen and oxygen atoms in total. The Morgan fingerprint density at radius 3 is 2.39 bits per heavy atom. The normalized spacial score (nSPS) is 20.2. The standard InChI is InChI=1S/C13H16O5/c14-7-10(15)11(16)8-3-1-2-4-9(8)13(5-6-13)12(17)18/h1-4,10-11,14-16H,5-7H2,(H,17,18). The maximum atomic E-state index is 11.3. The number of aliphatic hydroxyl groups is 3. The molecule has 2 atom stereocenters. The molecule has 1 saturated carbocycles. The monoisotopic (exact) mass is 252 g/mol. The number of hydrogen-bond acceptors (Lipinski definition) is 4. The van der Waals surface area contributed by atoms with Gasteiger partial charge in [-0.3, -0.25) is 4.79 Å². The van der Waals surface area contributed by atoms with Gasteiger partial charge in [0.15, 0.2) is 0 Å². The van der Waals surface area contributed by atoms with Crippen molar-refractivity contribution in [3.8, 4) is 0 Å². The second-order valence-corrected chi connectivity index (χ2v) is 4.67. The van der Waals surface area contributed by atoms with Crippen molar-refractivity contribution >= 4 is 5.97 Å². The van der Waals surface area contributed by atoms with E-state index in [1.807, 2.05) is 0 Å². The molecule has 0 bridgehead atoms. The van der Waals surface area contributed by atoms with E-state index in [0.717, 1.165) is 0 Å². The minimum Gasteiger partial charge on any atom is -0.481 e. The van der Waals surface area contributed by atoms with Crippen LogP contribution in [0.4, 0.5) is 0 Å². The van der Waals surface area contributed by atoms with Crippen molar-refractivity contribution in [1.82, 2.24) is 0 Å². The number of carbonyl (C=O) groups is 1. The fourth-order valence-electron chi connectivity index (χ4n) is 2.22. The van der Waals surface area contributed by atoms with Crippen LogP contribution in [0.15, 0.2) is 24.3 Å². The van der Waals surface area contributed by atoms with Crippen molar-refractivity contribution in [2.45, 2.75) is 30.5 Å². The summed E-state index contributed by atoms with van der Waals surface area (Å²) in [5, 5.41) is 37.5. The SMILES string of the molecule is O=C(O)C1(c2ccccc2C(O)C(O)CO)CC1. The predicted molar refractivity (Wildman–Crippen MR) is 63.0 cm³/mol. The molecule has 2 unspecified atom stereocenters. The summed E-state index contributed by atoms with van der Waals surface area (Å²) >= 11 is 0. The summed E-state index contributed by atoms with van der Waals surface area (Å²) in [6, 6.07) is 6.62. The molecule has 1 aromatic carbocycles. The van der Waals surface area contributed by atoms with Crippen LogP contribution in [0.3, 0.4) is 0 Å². The molecule has 4 N–H and O–H groups in total. The Morgan fingerprint density at radius 2 is 1.89 bits per heavy atom. The van der Waals surface area contributed by atoms with Gasteiger partial charge in [0, 0.05) is 0 Å². The van der Waals surface area contributed by atoms with E-state index in [1.165, 1.54) is 0 Å². The summed E-state index contributed by atoms with van der Waals surface area (Å²) in [5.41, 5.74) is -0.0383. The van der Waals surface area contributed by atoms with Gasteiger partial charge in [0.25, 0.3) is 0 Å². The Bertz CT molecular complexity index is 452. The van der Waals surface area contributed by atoms with Crippen molar-refractivity contribution in [3.63, 3.8) is 0 Å². The number of aliphatic carboxylic acids is 1. The van der Waals surface area contributed by atoms with Gasteiger partial charge in [-0.2, -0.15) is 0 Å². The summed E-state index contributed by atoms with van der Waals surface area (Å²) in [4.78, 5) is 11.3.